The Morgan fingerprint density at radius 2 is 1.19 bits per heavy atom. The second-order valence-corrected chi connectivity index (χ2v) is 19.2. The number of pyridine rings is 2. The molecule has 12 nitrogen and oxygen atoms in total. The number of likely N-dealkylation sites (tertiary alicyclic amines) is 2. The molecule has 2 saturated heterocycles. The van der Waals surface area contributed by atoms with Gasteiger partial charge in [0.05, 0.1) is 6.10 Å². The molecule has 2 amide bonds. The van der Waals surface area contributed by atoms with Gasteiger partial charge in [-0.3, -0.25) is 0 Å². The van der Waals surface area contributed by atoms with Crippen molar-refractivity contribution in [3.8, 4) is 5.19 Å². The van der Waals surface area contributed by atoms with Gasteiger partial charge in [0.2, 0.25) is 0 Å². The van der Waals surface area contributed by atoms with Crippen molar-refractivity contribution in [1.29, 1.82) is 0 Å². The summed E-state index contributed by atoms with van der Waals surface area (Å²) in [5, 5.41) is 10.1. The second kappa shape index (κ2) is 19.0. The Bertz CT molecular complexity index is 1820. The number of aliphatic hydroxyl groups excluding tert-OH is 1. The van der Waals surface area contributed by atoms with E-state index in [1.165, 1.54) is 22.7 Å². The lowest BCUT2D eigenvalue weighted by Gasteiger charge is -2.35. The molecule has 0 aromatic carbocycles. The number of hydrogen-bond donors (Lipinski definition) is 1. The van der Waals surface area contributed by atoms with Crippen molar-refractivity contribution in [2.45, 2.75) is 104 Å². The van der Waals surface area contributed by atoms with Crippen molar-refractivity contribution >= 4 is 99.0 Å². The molecule has 0 spiro atoms. The van der Waals surface area contributed by atoms with Crippen molar-refractivity contribution in [3.63, 3.8) is 0 Å². The minimum Gasteiger partial charge on any atom is -0.467 e. The van der Waals surface area contributed by atoms with Gasteiger partial charge in [-0.2, -0.15) is 0 Å². The maximum atomic E-state index is 12.2. The lowest BCUT2D eigenvalue weighted by atomic mass is 9.92. The van der Waals surface area contributed by atoms with E-state index in [1.54, 1.807) is 9.80 Å². The summed E-state index contributed by atoms with van der Waals surface area (Å²) >= 11 is 15.2. The number of carbonyl (C=O) groups excluding carboxylic acids is 2. The fourth-order valence-electron chi connectivity index (χ4n) is 5.62. The monoisotopic (exact) mass is 918 g/mol. The van der Waals surface area contributed by atoms with Gasteiger partial charge in [0, 0.05) is 26.2 Å². The highest BCUT2D eigenvalue weighted by Crippen LogP contribution is 2.31. The molecule has 1 N–H and O–H groups in total. The van der Waals surface area contributed by atoms with Crippen LogP contribution in [0.25, 0.3) is 20.7 Å². The van der Waals surface area contributed by atoms with Gasteiger partial charge in [-0.15, -0.1) is 0 Å². The number of hydrogen-bond acceptors (Lipinski definition) is 12. The van der Waals surface area contributed by atoms with E-state index in [-0.39, 0.29) is 24.4 Å². The van der Waals surface area contributed by atoms with E-state index in [4.69, 9.17) is 25.8 Å². The highest BCUT2D eigenvalue weighted by Gasteiger charge is 2.31. The van der Waals surface area contributed by atoms with E-state index in [1.807, 2.05) is 72.7 Å². The molecule has 292 valence electrons. The first-order valence-electron chi connectivity index (χ1n) is 17.6. The van der Waals surface area contributed by atoms with Gasteiger partial charge in [0.1, 0.15) is 47.2 Å². The average molecular weight is 921 g/mol. The van der Waals surface area contributed by atoms with Gasteiger partial charge in [-0.25, -0.2) is 29.5 Å². The Kier molecular flexibility index (Phi) is 15.5. The van der Waals surface area contributed by atoms with Gasteiger partial charge in [-0.1, -0.05) is 34.3 Å². The van der Waals surface area contributed by atoms with E-state index in [0.717, 1.165) is 55.6 Å². The van der Waals surface area contributed by atoms with Crippen LogP contribution in [-0.4, -0.2) is 96.6 Å². The van der Waals surface area contributed by atoms with E-state index in [9.17, 15) is 14.7 Å². The molecule has 2 aliphatic rings. The minimum absolute atomic E-state index is 0.0415. The molecule has 2 unspecified atom stereocenters. The molecule has 0 aliphatic carbocycles. The van der Waals surface area contributed by atoms with Crippen LogP contribution < -0.4 is 4.74 Å². The second-order valence-electron chi connectivity index (χ2n) is 15.0. The molecule has 17 heteroatoms. The normalized spacial score (nSPS) is 17.0. The fraction of sp³-hybridized carbons (Fsp3) is 0.611. The maximum Gasteiger partial charge on any atom is 0.410 e. The number of halogens is 3. The number of ether oxygens (including phenoxy) is 3. The summed E-state index contributed by atoms with van der Waals surface area (Å²) in [4.78, 5) is 46.3. The number of aromatic nitrogens is 4. The summed E-state index contributed by atoms with van der Waals surface area (Å²) in [7, 11) is 0. The molecule has 4 aromatic rings. The SMILES string of the molecule is CC(O)C1CCN(C(=O)OC(C)(C)C)CC1.CC(Oc1nc2ccc(Br)nc2s1)C1CCN(C(=O)OC(C)(C)C)CC1.Clc1nc2ccc(Br)nc2s1. The van der Waals surface area contributed by atoms with Crippen LogP contribution in [0.4, 0.5) is 9.59 Å². The highest BCUT2D eigenvalue weighted by molar-refractivity contribution is 9.10. The smallest absolute Gasteiger partial charge is 0.410 e. The molecule has 2 aliphatic heterocycles. The summed E-state index contributed by atoms with van der Waals surface area (Å²) in [5.41, 5.74) is 0.807. The number of fused-ring (bicyclic) bond motifs is 2. The van der Waals surface area contributed by atoms with Crippen molar-refractivity contribution in [1.82, 2.24) is 29.7 Å². The van der Waals surface area contributed by atoms with Gasteiger partial charge in [0.15, 0.2) is 4.47 Å². The number of nitrogens with zero attached hydrogens (tertiary/aromatic N) is 6. The Balaban J connectivity index is 0.000000197. The third-order valence-corrected chi connectivity index (χ3v) is 11.2. The molecule has 6 rings (SSSR count). The summed E-state index contributed by atoms with van der Waals surface area (Å²) in [6, 6.07) is 7.54. The zero-order chi connectivity index (χ0) is 39.1. The van der Waals surface area contributed by atoms with Crippen LogP contribution in [0, 0.1) is 11.8 Å². The van der Waals surface area contributed by atoms with Gasteiger partial charge < -0.3 is 29.1 Å². The molecule has 0 bridgehead atoms. The largest absolute Gasteiger partial charge is 0.467 e. The van der Waals surface area contributed by atoms with Crippen LogP contribution in [0.5, 0.6) is 5.19 Å². The third kappa shape index (κ3) is 14.0. The van der Waals surface area contributed by atoms with Crippen molar-refractivity contribution in [2.24, 2.45) is 11.8 Å². The molecular weight excluding hydrogens is 872 g/mol. The summed E-state index contributed by atoms with van der Waals surface area (Å²) in [6.07, 6.45) is 2.81. The van der Waals surface area contributed by atoms with Gasteiger partial charge in [-0.05, 0) is 149 Å². The summed E-state index contributed by atoms with van der Waals surface area (Å²) in [6.45, 7) is 17.9. The van der Waals surface area contributed by atoms with Crippen LogP contribution in [-0.2, 0) is 9.47 Å². The lowest BCUT2D eigenvalue weighted by Crippen LogP contribution is -2.44. The third-order valence-electron chi connectivity index (χ3n) is 8.41. The Morgan fingerprint density at radius 3 is 1.64 bits per heavy atom. The standard InChI is InChI=1S/C18H24BrN3O3S.C12H23NO3.C6H2BrClN2S/c1-11(24-16-20-13-5-6-14(19)21-15(13)26-16)12-7-9-22(10-8-12)17(23)25-18(2,3)4;1-9(14)10-5-7-13(8-6-10)11(15)16-12(2,3)4;7-4-2-1-3-5(10-4)11-6(8)9-3/h5-6,11-12H,7-10H2,1-4H3;9-10,14H,5-8H2,1-4H3;1-2H. The number of carbonyl (C=O) groups is 2. The number of piperidine rings is 2. The van der Waals surface area contributed by atoms with Crippen LogP contribution in [0.15, 0.2) is 33.5 Å². The minimum atomic E-state index is -0.458. The number of aliphatic hydroxyl groups is 1. The number of thiazole rings is 2. The van der Waals surface area contributed by atoms with Crippen molar-refractivity contribution < 1.29 is 28.9 Å². The molecule has 2 fully saturated rings. The first-order chi connectivity index (χ1) is 24.8. The Labute approximate surface area is 341 Å². The molecule has 0 saturated carbocycles. The van der Waals surface area contributed by atoms with Crippen LogP contribution in [0.3, 0.4) is 0 Å². The predicted octanol–water partition coefficient (Wildman–Crippen LogP) is 9.99. The average Bonchev–Trinajstić information content (AvgIpc) is 3.64. The zero-order valence-corrected chi connectivity index (χ0v) is 37.0. The predicted molar refractivity (Wildman–Crippen MR) is 218 cm³/mol. The van der Waals surface area contributed by atoms with E-state index < -0.39 is 11.2 Å². The molecule has 0 radical (unpaired) electrons. The number of amides is 2. The first-order valence-corrected chi connectivity index (χ1v) is 21.2. The summed E-state index contributed by atoms with van der Waals surface area (Å²) < 4.78 is 19.0. The fourth-order valence-corrected chi connectivity index (χ4v) is 8.32. The van der Waals surface area contributed by atoms with E-state index >= 15 is 0 Å². The topological polar surface area (TPSA) is 140 Å². The Hall–Kier alpha value is -2.37. The summed E-state index contributed by atoms with van der Waals surface area (Å²) in [5.74, 6) is 0.707. The lowest BCUT2D eigenvalue weighted by molar-refractivity contribution is 0.00976. The van der Waals surface area contributed by atoms with E-state index in [0.29, 0.717) is 47.7 Å². The van der Waals surface area contributed by atoms with Gasteiger partial charge >= 0.3 is 12.2 Å². The van der Waals surface area contributed by atoms with Crippen LogP contribution in [0.2, 0.25) is 4.47 Å². The quantitative estimate of drug-likeness (QED) is 0.197. The maximum absolute atomic E-state index is 12.2. The molecule has 53 heavy (non-hydrogen) atoms. The molecule has 4 aromatic heterocycles. The van der Waals surface area contributed by atoms with Crippen molar-refractivity contribution in [3.05, 3.63) is 37.9 Å². The molecule has 2 atom stereocenters. The van der Waals surface area contributed by atoms with E-state index in [2.05, 4.69) is 58.7 Å². The number of rotatable bonds is 4. The van der Waals surface area contributed by atoms with Crippen molar-refractivity contribution in [2.75, 3.05) is 26.2 Å². The molecule has 6 heterocycles. The molecular formula is C36H49Br2ClN6O6S2. The first kappa shape index (κ1) is 43.4. The highest BCUT2D eigenvalue weighted by atomic mass is 79.9. The Morgan fingerprint density at radius 1 is 0.755 bits per heavy atom. The zero-order valence-electron chi connectivity index (χ0n) is 31.4. The van der Waals surface area contributed by atoms with Crippen LogP contribution in [0.1, 0.15) is 81.1 Å². The van der Waals surface area contributed by atoms with Crippen LogP contribution >= 0.6 is 66.1 Å². The van der Waals surface area contributed by atoms with Gasteiger partial charge in [0.25, 0.3) is 5.19 Å².